The van der Waals surface area contributed by atoms with Gasteiger partial charge in [0.05, 0.1) is 35.4 Å². The molecule has 1 aliphatic heterocycles. The monoisotopic (exact) mass is 749 g/mol. The lowest BCUT2D eigenvalue weighted by atomic mass is 9.93. The molecule has 7 rings (SSSR count). The lowest BCUT2D eigenvalue weighted by molar-refractivity contribution is -0.136. The Kier molecular flexibility index (Phi) is 10.1. The van der Waals surface area contributed by atoms with E-state index in [1.165, 1.54) is 11.3 Å². The van der Waals surface area contributed by atoms with E-state index >= 15 is 0 Å². The van der Waals surface area contributed by atoms with Crippen LogP contribution in [-0.4, -0.2) is 66.7 Å². The van der Waals surface area contributed by atoms with Crippen molar-refractivity contribution in [1.29, 1.82) is 0 Å². The largest absolute Gasteiger partial charge is 0.496 e. The number of pyridine rings is 1. The topological polar surface area (TPSA) is 166 Å². The number of thiazole rings is 1. The van der Waals surface area contributed by atoms with Gasteiger partial charge in [-0.15, -0.1) is 11.3 Å². The fourth-order valence-corrected chi connectivity index (χ4v) is 9.77. The minimum absolute atomic E-state index is 0.228. The first-order valence-corrected chi connectivity index (χ1v) is 20.8. The van der Waals surface area contributed by atoms with Gasteiger partial charge in [0.15, 0.2) is 0 Å². The van der Waals surface area contributed by atoms with Crippen molar-refractivity contribution in [1.82, 2.24) is 25.3 Å². The van der Waals surface area contributed by atoms with Crippen LogP contribution < -0.4 is 24.8 Å². The molecule has 3 aromatic rings. The van der Waals surface area contributed by atoms with E-state index in [1.807, 2.05) is 42.7 Å². The molecule has 14 heteroatoms. The van der Waals surface area contributed by atoms with E-state index < -0.39 is 50.6 Å². The zero-order valence-corrected chi connectivity index (χ0v) is 31.7. The van der Waals surface area contributed by atoms with Crippen LogP contribution in [0.4, 0.5) is 0 Å². The standard InChI is InChI=1S/C38H47N5O7S2/c1-21(2)30-20-51-36(41-30)29-18-32(26-13-14-31(49-4)22(3)33(26)40-29)50-24-16-27-28(17-24)35(45)42-38(37(46)43-52(47,48)25-11-12-25)19-23(38)10-8-6-5-7-9-15-39-34(27)44/h8,10,13-14,18,20-21,23-25,27-28H,5-7,9,11-12,15-17,19H2,1-4H3,(H,39,44)(H,42,45)(H,43,46)/t23?,24?,27?,28-,38?/m1/s1. The molecule has 0 radical (unpaired) electrons. The molecule has 3 aliphatic carbocycles. The first-order chi connectivity index (χ1) is 24.9. The van der Waals surface area contributed by atoms with Gasteiger partial charge < -0.3 is 20.1 Å². The van der Waals surface area contributed by atoms with Crippen LogP contribution in [0.3, 0.4) is 0 Å². The van der Waals surface area contributed by atoms with Crippen molar-refractivity contribution < 1.29 is 32.3 Å². The predicted octanol–water partition coefficient (Wildman–Crippen LogP) is 5.30. The smallest absolute Gasteiger partial charge is 0.259 e. The van der Waals surface area contributed by atoms with Crippen LogP contribution in [0.1, 0.15) is 88.8 Å². The highest BCUT2D eigenvalue weighted by molar-refractivity contribution is 7.91. The summed E-state index contributed by atoms with van der Waals surface area (Å²) in [6.07, 6.45) is 8.65. The predicted molar refractivity (Wildman–Crippen MR) is 199 cm³/mol. The van der Waals surface area contributed by atoms with Crippen molar-refractivity contribution in [2.75, 3.05) is 13.7 Å². The number of aryl methyl sites for hydroxylation is 1. The van der Waals surface area contributed by atoms with Gasteiger partial charge in [-0.1, -0.05) is 32.4 Å². The first-order valence-electron chi connectivity index (χ1n) is 18.3. The molecule has 0 bridgehead atoms. The van der Waals surface area contributed by atoms with Crippen LogP contribution in [-0.2, 0) is 24.4 Å². The summed E-state index contributed by atoms with van der Waals surface area (Å²) in [7, 11) is -2.21. The van der Waals surface area contributed by atoms with Crippen molar-refractivity contribution in [3.63, 3.8) is 0 Å². The summed E-state index contributed by atoms with van der Waals surface area (Å²) in [6, 6.07) is 5.65. The molecular formula is C38H47N5O7S2. The molecule has 3 amide bonds. The Morgan fingerprint density at radius 3 is 2.54 bits per heavy atom. The Labute approximate surface area is 308 Å². The summed E-state index contributed by atoms with van der Waals surface area (Å²) >= 11 is 1.51. The van der Waals surface area contributed by atoms with Crippen molar-refractivity contribution in [3.05, 3.63) is 47.0 Å². The van der Waals surface area contributed by atoms with Crippen LogP contribution >= 0.6 is 11.3 Å². The van der Waals surface area contributed by atoms with Gasteiger partial charge in [0, 0.05) is 34.9 Å². The molecule has 12 nitrogen and oxygen atoms in total. The van der Waals surface area contributed by atoms with Crippen molar-refractivity contribution >= 4 is 50.0 Å². The summed E-state index contributed by atoms with van der Waals surface area (Å²) in [5, 5.41) is 8.97. The molecule has 4 unspecified atom stereocenters. The molecular weight excluding hydrogens is 703 g/mol. The highest BCUT2D eigenvalue weighted by Gasteiger charge is 2.62. The molecule has 3 saturated carbocycles. The third-order valence-corrected chi connectivity index (χ3v) is 13.6. The third-order valence-electron chi connectivity index (χ3n) is 10.9. The molecule has 1 aromatic carbocycles. The van der Waals surface area contributed by atoms with Gasteiger partial charge in [-0.05, 0) is 76.3 Å². The van der Waals surface area contributed by atoms with Gasteiger partial charge in [0.2, 0.25) is 21.8 Å². The number of allylic oxidation sites excluding steroid dienone is 1. The fraction of sp³-hybridized carbons (Fsp3) is 0.553. The van der Waals surface area contributed by atoms with E-state index in [0.717, 1.165) is 47.3 Å². The highest BCUT2D eigenvalue weighted by atomic mass is 32.2. The number of sulfonamides is 1. The van der Waals surface area contributed by atoms with Gasteiger partial charge >= 0.3 is 0 Å². The van der Waals surface area contributed by atoms with Crippen LogP contribution in [0.2, 0.25) is 0 Å². The number of nitrogens with one attached hydrogen (secondary N) is 3. The molecule has 52 heavy (non-hydrogen) atoms. The molecule has 3 N–H and O–H groups in total. The Balaban J connectivity index is 1.20. The van der Waals surface area contributed by atoms with Gasteiger partial charge in [0.1, 0.15) is 33.8 Å². The van der Waals surface area contributed by atoms with E-state index in [0.29, 0.717) is 42.1 Å². The number of methoxy groups -OCH3 is 1. The zero-order chi connectivity index (χ0) is 36.8. The first kappa shape index (κ1) is 36.3. The number of hydrogen-bond donors (Lipinski definition) is 3. The number of amides is 3. The van der Waals surface area contributed by atoms with Crippen LogP contribution in [0.25, 0.3) is 21.6 Å². The van der Waals surface area contributed by atoms with E-state index in [2.05, 4.69) is 29.2 Å². The van der Waals surface area contributed by atoms with E-state index in [4.69, 9.17) is 19.4 Å². The quantitative estimate of drug-likeness (QED) is 0.259. The van der Waals surface area contributed by atoms with Crippen LogP contribution in [0, 0.1) is 24.7 Å². The van der Waals surface area contributed by atoms with Gasteiger partial charge in [-0.3, -0.25) is 19.1 Å². The number of carbonyl (C=O) groups is 3. The molecule has 5 atom stereocenters. The van der Waals surface area contributed by atoms with E-state index in [1.54, 1.807) is 7.11 Å². The lowest BCUT2D eigenvalue weighted by Crippen LogP contribution is -2.54. The van der Waals surface area contributed by atoms with Crippen LogP contribution in [0.15, 0.2) is 35.7 Å². The second-order valence-corrected chi connectivity index (χ2v) is 17.8. The Morgan fingerprint density at radius 1 is 1.06 bits per heavy atom. The van der Waals surface area contributed by atoms with E-state index in [9.17, 15) is 22.8 Å². The maximum Gasteiger partial charge on any atom is 0.259 e. The summed E-state index contributed by atoms with van der Waals surface area (Å²) in [5.74, 6) is -1.75. The van der Waals surface area contributed by atoms with Crippen molar-refractivity contribution in [2.45, 2.75) is 101 Å². The second kappa shape index (κ2) is 14.4. The molecule has 3 fully saturated rings. The second-order valence-electron chi connectivity index (χ2n) is 15.0. The van der Waals surface area contributed by atoms with Crippen molar-refractivity contribution in [2.24, 2.45) is 17.8 Å². The maximum absolute atomic E-state index is 14.2. The number of rotatable bonds is 8. The van der Waals surface area contributed by atoms with Gasteiger partial charge in [-0.2, -0.15) is 0 Å². The number of nitrogens with zero attached hydrogens (tertiary/aromatic N) is 2. The fourth-order valence-electron chi connectivity index (χ4n) is 7.47. The average molecular weight is 750 g/mol. The minimum Gasteiger partial charge on any atom is -0.496 e. The molecule has 278 valence electrons. The molecule has 0 spiro atoms. The van der Waals surface area contributed by atoms with Crippen LogP contribution in [0.5, 0.6) is 11.5 Å². The highest BCUT2D eigenvalue weighted by Crippen LogP contribution is 2.47. The molecule has 0 saturated heterocycles. The summed E-state index contributed by atoms with van der Waals surface area (Å²) in [4.78, 5) is 51.4. The minimum atomic E-state index is -3.83. The average Bonchev–Trinajstić information content (AvgIpc) is 3.98. The lowest BCUT2D eigenvalue weighted by Gasteiger charge is -2.23. The Morgan fingerprint density at radius 2 is 1.83 bits per heavy atom. The SMILES string of the molecule is COc1ccc2c(OC3CC4C(=O)NCCCCCC=CC5CC5(C(=O)NS(=O)(=O)C5CC5)NC(=O)[C@@H]4C3)cc(-c3nc(C(C)C)cs3)nc2c1C. The van der Waals surface area contributed by atoms with Gasteiger partial charge in [0.25, 0.3) is 5.91 Å². The summed E-state index contributed by atoms with van der Waals surface area (Å²) < 4.78 is 40.2. The van der Waals surface area contributed by atoms with Crippen molar-refractivity contribution in [3.8, 4) is 22.2 Å². The molecule has 3 heterocycles. The number of benzene rings is 1. The third kappa shape index (κ3) is 7.28. The Hall–Kier alpha value is -4.04. The zero-order valence-electron chi connectivity index (χ0n) is 30.1. The number of fused-ring (bicyclic) bond motifs is 3. The maximum atomic E-state index is 14.2. The Bertz CT molecular complexity index is 2020. The molecule has 4 aliphatic rings. The summed E-state index contributed by atoms with van der Waals surface area (Å²) in [5.41, 5.74) is 1.78. The number of aromatic nitrogens is 2. The number of ether oxygens (including phenoxy) is 2. The molecule has 2 aromatic heterocycles. The number of carbonyl (C=O) groups excluding carboxylic acids is 3. The van der Waals surface area contributed by atoms with Gasteiger partial charge in [-0.25, -0.2) is 18.4 Å². The van der Waals surface area contributed by atoms with E-state index in [-0.39, 0.29) is 37.0 Å². The summed E-state index contributed by atoms with van der Waals surface area (Å²) in [6.45, 7) is 6.63. The normalized spacial score (nSPS) is 26.8. The number of hydrogen-bond acceptors (Lipinski definition) is 10.